The Bertz CT molecular complexity index is 1700. The number of aliphatic hydroxyl groups excluding tert-OH is 1. The average molecular weight is 615 g/mol. The van der Waals surface area contributed by atoms with Gasteiger partial charge in [0.1, 0.15) is 5.82 Å². The number of hydrogen-bond donors (Lipinski definition) is 2. The summed E-state index contributed by atoms with van der Waals surface area (Å²) in [4.78, 5) is 36.4. The summed E-state index contributed by atoms with van der Waals surface area (Å²) in [6.45, 7) is 1.73. The number of amides is 1. The van der Waals surface area contributed by atoms with Crippen molar-refractivity contribution in [2.24, 2.45) is 5.92 Å². The van der Waals surface area contributed by atoms with E-state index in [2.05, 4.69) is 15.3 Å². The number of nitrogens with zero attached hydrogens (tertiary/aromatic N) is 5. The highest BCUT2D eigenvalue weighted by Gasteiger charge is 2.38. The number of anilines is 1. The van der Waals surface area contributed by atoms with Crippen LogP contribution in [0.15, 0.2) is 59.7 Å². The highest BCUT2D eigenvalue weighted by Crippen LogP contribution is 2.32. The van der Waals surface area contributed by atoms with Gasteiger partial charge in [0.2, 0.25) is 0 Å². The zero-order valence-electron chi connectivity index (χ0n) is 23.1. The Hall–Kier alpha value is -3.90. The molecule has 6 rings (SSSR count). The van der Waals surface area contributed by atoms with Crippen molar-refractivity contribution in [2.45, 2.75) is 57.0 Å². The van der Waals surface area contributed by atoms with Crippen LogP contribution in [0, 0.1) is 5.92 Å². The lowest BCUT2D eigenvalue weighted by Crippen LogP contribution is -2.39. The monoisotopic (exact) mass is 614 g/mol. The average Bonchev–Trinajstić information content (AvgIpc) is 3.54. The van der Waals surface area contributed by atoms with Crippen molar-refractivity contribution >= 4 is 34.4 Å². The maximum absolute atomic E-state index is 13.7. The molecule has 1 atom stereocenters. The van der Waals surface area contributed by atoms with Crippen molar-refractivity contribution in [2.75, 3.05) is 18.0 Å². The minimum atomic E-state index is -4.78. The number of benzene rings is 1. The van der Waals surface area contributed by atoms with Crippen molar-refractivity contribution in [3.8, 4) is 5.69 Å². The maximum atomic E-state index is 13.7. The highest BCUT2D eigenvalue weighted by atomic mass is 35.5. The van der Waals surface area contributed by atoms with Crippen molar-refractivity contribution in [1.29, 1.82) is 0 Å². The van der Waals surface area contributed by atoms with E-state index in [1.165, 1.54) is 0 Å². The number of β-amino-alcohol motifs (C(OH)–C–C–N with tert-alkyl or cyclic N) is 1. The molecule has 0 spiro atoms. The van der Waals surface area contributed by atoms with Crippen molar-refractivity contribution in [1.82, 2.24) is 24.4 Å². The first-order valence-corrected chi connectivity index (χ1v) is 14.6. The van der Waals surface area contributed by atoms with E-state index < -0.39 is 23.3 Å². The third kappa shape index (κ3) is 5.98. The molecule has 1 saturated heterocycles. The van der Waals surface area contributed by atoms with Crippen LogP contribution in [0.3, 0.4) is 0 Å². The van der Waals surface area contributed by atoms with Gasteiger partial charge in [-0.25, -0.2) is 14.8 Å². The molecule has 4 heterocycles. The number of rotatable bonds is 6. The molecule has 43 heavy (non-hydrogen) atoms. The first-order chi connectivity index (χ1) is 20.6. The number of pyridine rings is 2. The summed E-state index contributed by atoms with van der Waals surface area (Å²) in [5.41, 5.74) is 0.151. The number of carbonyl (C=O) groups excluding carboxylic acids is 1. The zero-order valence-corrected chi connectivity index (χ0v) is 23.9. The number of aromatic nitrogens is 4. The Kier molecular flexibility index (Phi) is 7.91. The van der Waals surface area contributed by atoms with Crippen LogP contribution in [0.25, 0.3) is 16.7 Å². The van der Waals surface area contributed by atoms with Gasteiger partial charge < -0.3 is 15.3 Å². The molecule has 3 aromatic heterocycles. The lowest BCUT2D eigenvalue weighted by atomic mass is 9.85. The van der Waals surface area contributed by atoms with E-state index in [-0.39, 0.29) is 28.8 Å². The number of carbonyl (C=O) groups is 1. The second kappa shape index (κ2) is 11.6. The molecule has 0 unspecified atom stereocenters. The van der Waals surface area contributed by atoms with Crippen LogP contribution in [0.4, 0.5) is 19.0 Å². The summed E-state index contributed by atoms with van der Waals surface area (Å²) in [7, 11) is 0. The van der Waals surface area contributed by atoms with Gasteiger partial charge in [-0.3, -0.25) is 13.9 Å². The number of fused-ring (bicyclic) bond motifs is 1. The minimum Gasteiger partial charge on any atom is -0.391 e. The van der Waals surface area contributed by atoms with Gasteiger partial charge in [-0.15, -0.1) is 0 Å². The Morgan fingerprint density at radius 2 is 1.77 bits per heavy atom. The van der Waals surface area contributed by atoms with Gasteiger partial charge in [-0.2, -0.15) is 13.2 Å². The molecule has 9 nitrogen and oxygen atoms in total. The number of hydrogen-bond acceptors (Lipinski definition) is 6. The standard InChI is InChI=1S/C30H30ClF3N6O3/c31-19-13-23(27(36-14-19)30(32,33)34)28(42)37-20-7-5-18(6-8-20)16-39-24-3-1-2-4-25(24)40(29(39)43)21-9-10-26(35-15-21)38-12-11-22(41)17-38/h1-4,9-10,13-15,18,20,22,41H,5-8,11-12,16-17H2,(H,37,42)/t18?,20?,22-/m1/s1. The maximum Gasteiger partial charge on any atom is 0.434 e. The number of para-hydroxylation sites is 2. The van der Waals surface area contributed by atoms with E-state index >= 15 is 0 Å². The molecule has 1 amide bonds. The molecular formula is C30H30ClF3N6O3. The van der Waals surface area contributed by atoms with E-state index in [1.807, 2.05) is 41.3 Å². The van der Waals surface area contributed by atoms with Gasteiger partial charge in [-0.05, 0) is 68.4 Å². The van der Waals surface area contributed by atoms with Gasteiger partial charge in [0.15, 0.2) is 5.69 Å². The van der Waals surface area contributed by atoms with E-state index in [4.69, 9.17) is 11.6 Å². The zero-order chi connectivity index (χ0) is 30.3. The summed E-state index contributed by atoms with van der Waals surface area (Å²) >= 11 is 5.83. The molecule has 2 aliphatic rings. The fourth-order valence-electron chi connectivity index (χ4n) is 6.13. The smallest absolute Gasteiger partial charge is 0.391 e. The lowest BCUT2D eigenvalue weighted by molar-refractivity contribution is -0.141. The summed E-state index contributed by atoms with van der Waals surface area (Å²) < 4.78 is 43.6. The largest absolute Gasteiger partial charge is 0.434 e. The molecular weight excluding hydrogens is 585 g/mol. The second-order valence-corrected chi connectivity index (χ2v) is 11.7. The Balaban J connectivity index is 1.15. The fourth-order valence-corrected chi connectivity index (χ4v) is 6.29. The quantitative estimate of drug-likeness (QED) is 0.323. The van der Waals surface area contributed by atoms with Crippen molar-refractivity contribution in [3.05, 3.63) is 81.6 Å². The first kappa shape index (κ1) is 29.2. The Morgan fingerprint density at radius 3 is 2.42 bits per heavy atom. The molecule has 1 saturated carbocycles. The Labute approximate surface area is 249 Å². The predicted molar refractivity (Wildman–Crippen MR) is 156 cm³/mol. The van der Waals surface area contributed by atoms with Crippen molar-refractivity contribution < 1.29 is 23.1 Å². The van der Waals surface area contributed by atoms with Gasteiger partial charge in [0.25, 0.3) is 5.91 Å². The molecule has 1 aliphatic carbocycles. The Morgan fingerprint density at radius 1 is 1.02 bits per heavy atom. The summed E-state index contributed by atoms with van der Waals surface area (Å²) in [5, 5.41) is 12.5. The van der Waals surface area contributed by atoms with Crippen LogP contribution in [0.5, 0.6) is 0 Å². The molecule has 4 aromatic rings. The van der Waals surface area contributed by atoms with Crippen LogP contribution in [-0.4, -0.2) is 55.4 Å². The molecule has 226 valence electrons. The summed E-state index contributed by atoms with van der Waals surface area (Å²) in [6.07, 6.45) is 0.605. The minimum absolute atomic E-state index is 0.0513. The highest BCUT2D eigenvalue weighted by molar-refractivity contribution is 6.30. The number of nitrogens with one attached hydrogen (secondary N) is 1. The molecule has 1 aromatic carbocycles. The normalized spacial score (nSPS) is 21.0. The molecule has 0 radical (unpaired) electrons. The predicted octanol–water partition coefficient (Wildman–Crippen LogP) is 4.81. The third-order valence-electron chi connectivity index (χ3n) is 8.30. The van der Waals surface area contributed by atoms with Crippen LogP contribution in [0.1, 0.15) is 48.2 Å². The number of imidazole rings is 1. The van der Waals surface area contributed by atoms with E-state index in [1.54, 1.807) is 15.3 Å². The van der Waals surface area contributed by atoms with Crippen LogP contribution in [-0.2, 0) is 12.7 Å². The third-order valence-corrected chi connectivity index (χ3v) is 8.51. The molecule has 1 aliphatic heterocycles. The van der Waals surface area contributed by atoms with Crippen LogP contribution >= 0.6 is 11.6 Å². The van der Waals surface area contributed by atoms with E-state index in [0.29, 0.717) is 50.9 Å². The van der Waals surface area contributed by atoms with Gasteiger partial charge >= 0.3 is 11.9 Å². The first-order valence-electron chi connectivity index (χ1n) is 14.2. The summed E-state index contributed by atoms with van der Waals surface area (Å²) in [6, 6.07) is 12.0. The lowest BCUT2D eigenvalue weighted by Gasteiger charge is -2.29. The second-order valence-electron chi connectivity index (χ2n) is 11.2. The number of aliphatic hydroxyl groups is 1. The van der Waals surface area contributed by atoms with E-state index in [9.17, 15) is 27.9 Å². The molecule has 0 bridgehead atoms. The topological polar surface area (TPSA) is 105 Å². The summed E-state index contributed by atoms with van der Waals surface area (Å²) in [5.74, 6) is 0.0403. The molecule has 2 fully saturated rings. The molecule has 2 N–H and O–H groups in total. The van der Waals surface area contributed by atoms with Crippen LogP contribution in [0.2, 0.25) is 5.02 Å². The van der Waals surface area contributed by atoms with Crippen LogP contribution < -0.4 is 15.9 Å². The van der Waals surface area contributed by atoms with Gasteiger partial charge in [0.05, 0.1) is 39.6 Å². The van der Waals surface area contributed by atoms with Gasteiger partial charge in [-0.1, -0.05) is 23.7 Å². The number of halogens is 4. The van der Waals surface area contributed by atoms with Crippen molar-refractivity contribution in [3.63, 3.8) is 0 Å². The van der Waals surface area contributed by atoms with Gasteiger partial charge in [0, 0.05) is 31.9 Å². The van der Waals surface area contributed by atoms with E-state index in [0.717, 1.165) is 35.7 Å². The fraction of sp³-hybridized carbons (Fsp3) is 0.400. The SMILES string of the molecule is O=C(NC1CCC(Cn2c(=O)n(-c3ccc(N4CC[C@@H](O)C4)nc3)c3ccccc32)CC1)c1cc(Cl)cnc1C(F)(F)F. The number of alkyl halides is 3. The molecule has 13 heteroatoms.